The minimum Gasteiger partial charge on any atom is -0.372 e. The lowest BCUT2D eigenvalue weighted by atomic mass is 10.0. The zero-order valence-electron chi connectivity index (χ0n) is 20.0. The smallest absolute Gasteiger partial charge is 0.0903 e. The van der Waals surface area contributed by atoms with Crippen molar-refractivity contribution in [3.63, 3.8) is 0 Å². The first-order chi connectivity index (χ1) is 14.7. The molecule has 168 valence electrons. The van der Waals surface area contributed by atoms with E-state index in [1.165, 1.54) is 64.1 Å². The van der Waals surface area contributed by atoms with Crippen LogP contribution in [0.1, 0.15) is 44.5 Å². The molecule has 2 aliphatic heterocycles. The van der Waals surface area contributed by atoms with Crippen LogP contribution < -0.4 is 0 Å². The van der Waals surface area contributed by atoms with E-state index in [0.717, 1.165) is 24.7 Å². The summed E-state index contributed by atoms with van der Waals surface area (Å²) in [7, 11) is 0. The summed E-state index contributed by atoms with van der Waals surface area (Å²) in [5.74, 6) is 2.13. The fourth-order valence-corrected chi connectivity index (χ4v) is 8.01. The van der Waals surface area contributed by atoms with Crippen LogP contribution in [0.5, 0.6) is 0 Å². The minimum absolute atomic E-state index is 0.456. The van der Waals surface area contributed by atoms with Gasteiger partial charge in [-0.25, -0.2) is 0 Å². The zero-order valence-corrected chi connectivity index (χ0v) is 22.5. The second kappa shape index (κ2) is 9.34. The van der Waals surface area contributed by atoms with Crippen molar-refractivity contribution in [2.24, 2.45) is 0 Å². The molecule has 2 nitrogen and oxygen atoms in total. The van der Waals surface area contributed by atoms with Gasteiger partial charge < -0.3 is 9.47 Å². The highest BCUT2D eigenvalue weighted by Gasteiger charge is 2.26. The van der Waals surface area contributed by atoms with E-state index in [1.807, 2.05) is 35.3 Å². The fraction of sp³-hybridized carbons (Fsp3) is 0.538. The Hall–Kier alpha value is -0.590. The van der Waals surface area contributed by atoms with Gasteiger partial charge in [0.15, 0.2) is 0 Å². The lowest BCUT2D eigenvalue weighted by Gasteiger charge is -2.23. The Labute approximate surface area is 200 Å². The number of thioether (sulfide) groups is 2. The molecule has 0 aliphatic carbocycles. The maximum atomic E-state index is 5.43. The average molecular weight is 475 g/mol. The maximum Gasteiger partial charge on any atom is 0.0903 e. The van der Waals surface area contributed by atoms with Crippen LogP contribution in [0.25, 0.3) is 0 Å². The first-order valence-corrected chi connectivity index (χ1v) is 13.9. The van der Waals surface area contributed by atoms with E-state index in [1.54, 1.807) is 0 Å². The van der Waals surface area contributed by atoms with Crippen molar-refractivity contribution in [2.75, 3.05) is 24.7 Å². The fourth-order valence-electron chi connectivity index (χ4n) is 4.01. The molecule has 2 atom stereocenters. The number of hydrogen-bond acceptors (Lipinski definition) is 5. The predicted molar refractivity (Wildman–Crippen MR) is 136 cm³/mol. The summed E-state index contributed by atoms with van der Waals surface area (Å²) in [6.07, 6.45) is 0.912. The Balaban J connectivity index is 1.68. The molecule has 0 aromatic heterocycles. The van der Waals surface area contributed by atoms with Crippen molar-refractivity contribution in [3.8, 4) is 0 Å². The zero-order chi connectivity index (χ0) is 22.4. The highest BCUT2D eigenvalue weighted by Crippen LogP contribution is 2.46. The Morgan fingerprint density at radius 1 is 0.516 bits per heavy atom. The molecule has 0 saturated carbocycles. The monoisotopic (exact) mass is 474 g/mol. The lowest BCUT2D eigenvalue weighted by molar-refractivity contribution is 0.426. The molecular weight excluding hydrogens is 440 g/mol. The van der Waals surface area contributed by atoms with E-state index in [4.69, 9.17) is 9.47 Å². The molecule has 2 unspecified atom stereocenters. The Morgan fingerprint density at radius 3 is 1.03 bits per heavy atom. The van der Waals surface area contributed by atoms with Gasteiger partial charge in [0.25, 0.3) is 0 Å². The van der Waals surface area contributed by atoms with Crippen molar-refractivity contribution in [1.29, 1.82) is 0 Å². The van der Waals surface area contributed by atoms with Crippen LogP contribution in [-0.2, 0) is 9.47 Å². The lowest BCUT2D eigenvalue weighted by Crippen LogP contribution is -2.03. The molecule has 2 heterocycles. The van der Waals surface area contributed by atoms with Gasteiger partial charge in [0.05, 0.1) is 25.4 Å². The Morgan fingerprint density at radius 2 is 0.774 bits per heavy atom. The number of hydrogen-bond donors (Lipinski definition) is 0. The van der Waals surface area contributed by atoms with Gasteiger partial charge in [-0.2, -0.15) is 0 Å². The van der Waals surface area contributed by atoms with Gasteiger partial charge >= 0.3 is 0 Å². The second-order valence-electron chi connectivity index (χ2n) is 8.95. The van der Waals surface area contributed by atoms with E-state index < -0.39 is 0 Å². The predicted octanol–water partition coefficient (Wildman–Crippen LogP) is 7.29. The Bertz CT molecular complexity index is 881. The maximum absolute atomic E-state index is 5.43. The normalized spacial score (nSPS) is 19.7. The third kappa shape index (κ3) is 4.86. The summed E-state index contributed by atoms with van der Waals surface area (Å²) in [6, 6.07) is 0. The van der Waals surface area contributed by atoms with Crippen molar-refractivity contribution in [1.82, 2.24) is 0 Å². The first kappa shape index (κ1) is 23.6. The van der Waals surface area contributed by atoms with Gasteiger partial charge in [0.1, 0.15) is 0 Å². The van der Waals surface area contributed by atoms with E-state index in [0.29, 0.717) is 12.2 Å². The molecular formula is C26H34O2S3. The van der Waals surface area contributed by atoms with Gasteiger partial charge in [-0.3, -0.25) is 0 Å². The molecule has 2 saturated heterocycles. The molecule has 2 aromatic rings. The van der Waals surface area contributed by atoms with E-state index >= 15 is 0 Å². The van der Waals surface area contributed by atoms with Crippen LogP contribution in [-0.4, -0.2) is 36.9 Å². The summed E-state index contributed by atoms with van der Waals surface area (Å²) in [6.45, 7) is 20.2. The highest BCUT2D eigenvalue weighted by atomic mass is 32.2. The summed E-state index contributed by atoms with van der Waals surface area (Å²) in [5, 5.41) is 0. The van der Waals surface area contributed by atoms with Crippen LogP contribution in [0.4, 0.5) is 0 Å². The molecule has 0 radical (unpaired) electrons. The van der Waals surface area contributed by atoms with E-state index in [9.17, 15) is 0 Å². The standard InChI is InChI=1S/C26H34O2S3/c1-13-17(5)25(18(6)14(2)23(13)29-11-21-9-27-21)31-26-19(7)15(3)24(16(4)20(26)8)30-12-22-10-28-22/h21-22H,9-12H2,1-8H3. The topological polar surface area (TPSA) is 25.1 Å². The largest absolute Gasteiger partial charge is 0.372 e. The van der Waals surface area contributed by atoms with Crippen LogP contribution >= 0.6 is 35.3 Å². The molecule has 0 spiro atoms. The van der Waals surface area contributed by atoms with E-state index in [2.05, 4.69) is 55.4 Å². The van der Waals surface area contributed by atoms with Gasteiger partial charge in [0.2, 0.25) is 0 Å². The number of epoxide rings is 2. The molecule has 31 heavy (non-hydrogen) atoms. The van der Waals surface area contributed by atoms with Crippen molar-refractivity contribution >= 4 is 35.3 Å². The van der Waals surface area contributed by atoms with E-state index in [-0.39, 0.29) is 0 Å². The number of ether oxygens (including phenoxy) is 2. The summed E-state index contributed by atoms with van der Waals surface area (Å²) < 4.78 is 10.9. The third-order valence-electron chi connectivity index (χ3n) is 6.81. The molecule has 0 bridgehead atoms. The van der Waals surface area contributed by atoms with Gasteiger partial charge in [0, 0.05) is 31.1 Å². The molecule has 4 rings (SSSR count). The van der Waals surface area contributed by atoms with Gasteiger partial charge in [-0.15, -0.1) is 23.5 Å². The molecule has 5 heteroatoms. The van der Waals surface area contributed by atoms with Gasteiger partial charge in [-0.1, -0.05) is 11.8 Å². The van der Waals surface area contributed by atoms with Crippen LogP contribution in [0, 0.1) is 55.4 Å². The summed E-state index contributed by atoms with van der Waals surface area (Å²) >= 11 is 5.91. The molecule has 0 amide bonds. The van der Waals surface area contributed by atoms with Crippen molar-refractivity contribution in [3.05, 3.63) is 44.5 Å². The highest BCUT2D eigenvalue weighted by molar-refractivity contribution is 8.00. The minimum atomic E-state index is 0.456. The molecule has 2 aromatic carbocycles. The third-order valence-corrected chi connectivity index (χ3v) is 11.3. The average Bonchev–Trinajstić information content (AvgIpc) is 3.65. The van der Waals surface area contributed by atoms with Gasteiger partial charge in [-0.05, 0) is 99.9 Å². The molecule has 2 aliphatic rings. The Kier molecular flexibility index (Phi) is 7.10. The number of benzene rings is 2. The van der Waals surface area contributed by atoms with Crippen molar-refractivity contribution < 1.29 is 9.47 Å². The quantitative estimate of drug-likeness (QED) is 0.295. The SMILES string of the molecule is Cc1c(C)c(Sc2c(C)c(C)c(SCC3CO3)c(C)c2C)c(C)c(C)c1SCC1CO1. The molecule has 2 fully saturated rings. The van der Waals surface area contributed by atoms with Crippen LogP contribution in [0.2, 0.25) is 0 Å². The summed E-state index contributed by atoms with van der Waals surface area (Å²) in [5.41, 5.74) is 11.4. The first-order valence-electron chi connectivity index (χ1n) is 11.1. The van der Waals surface area contributed by atoms with Crippen molar-refractivity contribution in [2.45, 2.75) is 87.2 Å². The van der Waals surface area contributed by atoms with Crippen LogP contribution in [0.3, 0.4) is 0 Å². The number of rotatable bonds is 8. The molecule has 0 N–H and O–H groups in total. The summed E-state index contributed by atoms with van der Waals surface area (Å²) in [4.78, 5) is 5.76. The van der Waals surface area contributed by atoms with Crippen LogP contribution in [0.15, 0.2) is 19.6 Å². The second-order valence-corrected chi connectivity index (χ2v) is 12.0.